The molecule has 2 aromatic rings. The molecule has 1 fully saturated rings. The van der Waals surface area contributed by atoms with Crippen LogP contribution < -0.4 is 25.0 Å². The minimum absolute atomic E-state index is 0.342. The monoisotopic (exact) mass is 351 g/mol. The first-order chi connectivity index (χ1) is 12.8. The van der Waals surface area contributed by atoms with Gasteiger partial charge in [-0.15, -0.1) is 0 Å². The molecule has 1 unspecified atom stereocenters. The second-order valence-corrected chi connectivity index (χ2v) is 6.38. The van der Waals surface area contributed by atoms with Gasteiger partial charge in [0, 0.05) is 18.3 Å². The highest BCUT2D eigenvalue weighted by Gasteiger charge is 2.22. The van der Waals surface area contributed by atoms with Gasteiger partial charge >= 0.3 is 0 Å². The van der Waals surface area contributed by atoms with E-state index < -0.39 is 0 Å². The van der Waals surface area contributed by atoms with Crippen molar-refractivity contribution in [2.75, 3.05) is 43.6 Å². The number of nitrogens with zero attached hydrogens (tertiary/aromatic N) is 3. The standard InChI is InChI=1S/C19H21N5O2/c1-25-19-13(10-20)8-16(12-22-19)24-6-7-26-18-3-2-14(9-17(18)24)23-15-4-5-21-11-15/h2-3,8-9,12,15,21,23H,4-7,11H2,1H3. The summed E-state index contributed by atoms with van der Waals surface area (Å²) in [4.78, 5) is 6.40. The Morgan fingerprint density at radius 1 is 1.42 bits per heavy atom. The molecule has 0 bridgehead atoms. The maximum Gasteiger partial charge on any atom is 0.231 e. The Hall–Kier alpha value is -2.98. The molecule has 1 atom stereocenters. The molecule has 7 heteroatoms. The van der Waals surface area contributed by atoms with Crippen molar-refractivity contribution in [2.45, 2.75) is 12.5 Å². The van der Waals surface area contributed by atoms with Crippen molar-refractivity contribution in [2.24, 2.45) is 0 Å². The van der Waals surface area contributed by atoms with Gasteiger partial charge in [0.1, 0.15) is 24.0 Å². The zero-order chi connectivity index (χ0) is 17.9. The van der Waals surface area contributed by atoms with Crippen LogP contribution in [0.1, 0.15) is 12.0 Å². The third kappa shape index (κ3) is 3.11. The minimum atomic E-state index is 0.342. The Bertz CT molecular complexity index is 842. The van der Waals surface area contributed by atoms with Gasteiger partial charge in [0.25, 0.3) is 0 Å². The second-order valence-electron chi connectivity index (χ2n) is 6.38. The predicted octanol–water partition coefficient (Wildman–Crippen LogP) is 2.27. The maximum atomic E-state index is 9.34. The molecule has 2 aliphatic rings. The summed E-state index contributed by atoms with van der Waals surface area (Å²) < 4.78 is 11.0. The van der Waals surface area contributed by atoms with E-state index in [9.17, 15) is 5.26 Å². The smallest absolute Gasteiger partial charge is 0.231 e. The Kier molecular flexibility index (Phi) is 4.50. The van der Waals surface area contributed by atoms with E-state index in [0.29, 0.717) is 30.6 Å². The lowest BCUT2D eigenvalue weighted by molar-refractivity contribution is 0.314. The lowest BCUT2D eigenvalue weighted by Crippen LogP contribution is -2.29. The van der Waals surface area contributed by atoms with Gasteiger partial charge in [-0.05, 0) is 37.2 Å². The van der Waals surface area contributed by atoms with Gasteiger partial charge in [-0.25, -0.2) is 4.98 Å². The fraction of sp³-hybridized carbons (Fsp3) is 0.368. The van der Waals surface area contributed by atoms with Crippen molar-refractivity contribution in [1.29, 1.82) is 5.26 Å². The van der Waals surface area contributed by atoms with E-state index in [1.54, 1.807) is 6.20 Å². The van der Waals surface area contributed by atoms with Crippen LogP contribution in [-0.2, 0) is 0 Å². The Labute approximate surface area is 152 Å². The van der Waals surface area contributed by atoms with Crippen LogP contribution in [0.5, 0.6) is 11.6 Å². The average molecular weight is 351 g/mol. The number of anilines is 3. The summed E-state index contributed by atoms with van der Waals surface area (Å²) in [5.74, 6) is 1.18. The van der Waals surface area contributed by atoms with E-state index >= 15 is 0 Å². The van der Waals surface area contributed by atoms with Crippen molar-refractivity contribution in [3.63, 3.8) is 0 Å². The summed E-state index contributed by atoms with van der Waals surface area (Å²) in [6.45, 7) is 3.30. The number of hydrogen-bond donors (Lipinski definition) is 2. The number of hydrogen-bond acceptors (Lipinski definition) is 7. The molecule has 1 saturated heterocycles. The zero-order valence-corrected chi connectivity index (χ0v) is 14.7. The van der Waals surface area contributed by atoms with Gasteiger partial charge < -0.3 is 25.0 Å². The molecule has 3 heterocycles. The number of benzene rings is 1. The average Bonchev–Trinajstić information content (AvgIpc) is 3.20. The first-order valence-corrected chi connectivity index (χ1v) is 8.74. The third-order valence-electron chi connectivity index (χ3n) is 4.72. The largest absolute Gasteiger partial charge is 0.490 e. The molecule has 7 nitrogen and oxygen atoms in total. The summed E-state index contributed by atoms with van der Waals surface area (Å²) in [6, 6.07) is 10.5. The molecule has 0 amide bonds. The van der Waals surface area contributed by atoms with E-state index in [-0.39, 0.29) is 0 Å². The summed E-state index contributed by atoms with van der Waals surface area (Å²) in [5, 5.41) is 16.3. The predicted molar refractivity (Wildman–Crippen MR) is 99.3 cm³/mol. The Balaban J connectivity index is 1.66. The molecule has 26 heavy (non-hydrogen) atoms. The van der Waals surface area contributed by atoms with Gasteiger partial charge in [-0.2, -0.15) is 5.26 Å². The van der Waals surface area contributed by atoms with Crippen LogP contribution in [0.15, 0.2) is 30.5 Å². The summed E-state index contributed by atoms with van der Waals surface area (Å²) in [7, 11) is 1.52. The molecule has 4 rings (SSSR count). The summed E-state index contributed by atoms with van der Waals surface area (Å²) in [6.07, 6.45) is 2.85. The van der Waals surface area contributed by atoms with E-state index in [1.165, 1.54) is 7.11 Å². The summed E-state index contributed by atoms with van der Waals surface area (Å²) >= 11 is 0. The first kappa shape index (κ1) is 16.5. The van der Waals surface area contributed by atoms with Crippen LogP contribution in [0.4, 0.5) is 17.1 Å². The van der Waals surface area contributed by atoms with E-state index in [0.717, 1.165) is 42.3 Å². The quantitative estimate of drug-likeness (QED) is 0.874. The number of methoxy groups -OCH3 is 1. The highest BCUT2D eigenvalue weighted by molar-refractivity contribution is 5.75. The lowest BCUT2D eigenvalue weighted by atomic mass is 10.1. The summed E-state index contributed by atoms with van der Waals surface area (Å²) in [5.41, 5.74) is 3.31. The van der Waals surface area contributed by atoms with E-state index in [2.05, 4.69) is 32.7 Å². The maximum absolute atomic E-state index is 9.34. The van der Waals surface area contributed by atoms with Gasteiger partial charge in [0.15, 0.2) is 0 Å². The van der Waals surface area contributed by atoms with Crippen LogP contribution in [0.2, 0.25) is 0 Å². The van der Waals surface area contributed by atoms with Gasteiger partial charge in [-0.3, -0.25) is 0 Å². The van der Waals surface area contributed by atoms with Crippen LogP contribution >= 0.6 is 0 Å². The lowest BCUT2D eigenvalue weighted by Gasteiger charge is -2.32. The molecule has 2 N–H and O–H groups in total. The SMILES string of the molecule is COc1ncc(N2CCOc3ccc(NC4CCNC4)cc32)cc1C#N. The normalized spacial score (nSPS) is 18.6. The number of fused-ring (bicyclic) bond motifs is 1. The van der Waals surface area contributed by atoms with Gasteiger partial charge in [0.2, 0.25) is 5.88 Å². The molecular weight excluding hydrogens is 330 g/mol. The van der Waals surface area contributed by atoms with Crippen molar-refractivity contribution in [3.8, 4) is 17.7 Å². The molecule has 0 radical (unpaired) electrons. The number of nitrogens with one attached hydrogen (secondary N) is 2. The number of nitriles is 1. The minimum Gasteiger partial charge on any atom is -0.490 e. The number of aromatic nitrogens is 1. The number of rotatable bonds is 4. The number of ether oxygens (including phenoxy) is 2. The Morgan fingerprint density at radius 2 is 2.35 bits per heavy atom. The van der Waals surface area contributed by atoms with Crippen molar-refractivity contribution < 1.29 is 9.47 Å². The topological polar surface area (TPSA) is 82.4 Å². The zero-order valence-electron chi connectivity index (χ0n) is 14.7. The molecule has 1 aromatic heterocycles. The van der Waals surface area contributed by atoms with Gasteiger partial charge in [0.05, 0.1) is 31.2 Å². The molecule has 2 aliphatic heterocycles. The molecule has 134 valence electrons. The van der Waals surface area contributed by atoms with Gasteiger partial charge in [-0.1, -0.05) is 0 Å². The second kappa shape index (κ2) is 7.10. The molecular formula is C19H21N5O2. The molecule has 1 aromatic carbocycles. The molecule has 0 saturated carbocycles. The van der Waals surface area contributed by atoms with Crippen molar-refractivity contribution in [1.82, 2.24) is 10.3 Å². The third-order valence-corrected chi connectivity index (χ3v) is 4.72. The Morgan fingerprint density at radius 3 is 3.12 bits per heavy atom. The highest BCUT2D eigenvalue weighted by atomic mass is 16.5. The van der Waals surface area contributed by atoms with Crippen LogP contribution in [-0.4, -0.2) is 44.4 Å². The molecule has 0 aliphatic carbocycles. The van der Waals surface area contributed by atoms with Crippen molar-refractivity contribution in [3.05, 3.63) is 36.0 Å². The van der Waals surface area contributed by atoms with Crippen molar-refractivity contribution >= 4 is 17.1 Å². The number of pyridine rings is 1. The van der Waals surface area contributed by atoms with E-state index in [4.69, 9.17) is 9.47 Å². The van der Waals surface area contributed by atoms with Crippen LogP contribution in [0.25, 0.3) is 0 Å². The molecule has 0 spiro atoms. The fourth-order valence-corrected chi connectivity index (χ4v) is 3.42. The van der Waals surface area contributed by atoms with Crippen LogP contribution in [0.3, 0.4) is 0 Å². The van der Waals surface area contributed by atoms with E-state index in [1.807, 2.05) is 18.2 Å². The first-order valence-electron chi connectivity index (χ1n) is 8.74. The fourth-order valence-electron chi connectivity index (χ4n) is 3.42. The highest BCUT2D eigenvalue weighted by Crippen LogP contribution is 2.39. The van der Waals surface area contributed by atoms with Crippen LogP contribution in [0, 0.1) is 11.3 Å².